The monoisotopic (exact) mass is 481 g/mol. The van der Waals surface area contributed by atoms with E-state index in [-0.39, 0.29) is 23.5 Å². The molecule has 1 amide bonds. The van der Waals surface area contributed by atoms with Gasteiger partial charge in [-0.2, -0.15) is 0 Å². The predicted molar refractivity (Wildman–Crippen MR) is 131 cm³/mol. The third-order valence-electron chi connectivity index (χ3n) is 6.83. The number of rotatable bonds is 4. The number of carbonyl (C=O) groups is 1. The van der Waals surface area contributed by atoms with Gasteiger partial charge < -0.3 is 25.6 Å². The van der Waals surface area contributed by atoms with Crippen molar-refractivity contribution in [3.05, 3.63) is 35.9 Å². The van der Waals surface area contributed by atoms with E-state index in [1.807, 2.05) is 6.92 Å². The molecule has 0 spiro atoms. The highest BCUT2D eigenvalue weighted by Gasteiger charge is 2.40. The van der Waals surface area contributed by atoms with Gasteiger partial charge in [-0.25, -0.2) is 19.2 Å². The zero-order chi connectivity index (χ0) is 24.9. The number of nitrogens with zero attached hydrogens (tertiary/aromatic N) is 2. The number of amides is 1. The summed E-state index contributed by atoms with van der Waals surface area (Å²) in [6.07, 6.45) is 3.33. The summed E-state index contributed by atoms with van der Waals surface area (Å²) in [5.74, 6) is 0.278. The molecule has 0 saturated heterocycles. The third kappa shape index (κ3) is 4.29. The van der Waals surface area contributed by atoms with Crippen LogP contribution in [0.1, 0.15) is 32.3 Å². The summed E-state index contributed by atoms with van der Waals surface area (Å²) in [4.78, 5) is 20.9. The van der Waals surface area contributed by atoms with Gasteiger partial charge in [-0.15, -0.1) is 0 Å². The molecule has 1 aliphatic carbocycles. The first-order valence-corrected chi connectivity index (χ1v) is 11.6. The molecule has 1 saturated carbocycles. The fraction of sp³-hybridized carbons (Fsp3) is 0.400. The minimum absolute atomic E-state index is 0.0346. The van der Waals surface area contributed by atoms with Crippen LogP contribution in [0.3, 0.4) is 0 Å². The van der Waals surface area contributed by atoms with E-state index in [0.29, 0.717) is 53.8 Å². The lowest BCUT2D eigenvalue weighted by molar-refractivity contribution is -0.0776. The molecule has 2 aliphatic rings. The number of aromatic nitrogens is 2. The van der Waals surface area contributed by atoms with E-state index in [4.69, 9.17) is 15.2 Å². The number of benzene rings is 1. The molecular formula is C25H28FN5O4. The first-order valence-electron chi connectivity index (χ1n) is 11.6. The van der Waals surface area contributed by atoms with E-state index in [0.717, 1.165) is 11.3 Å². The quantitative estimate of drug-likeness (QED) is 0.407. The van der Waals surface area contributed by atoms with Crippen LogP contribution in [0, 0.1) is 18.7 Å². The van der Waals surface area contributed by atoms with Gasteiger partial charge in [0, 0.05) is 35.5 Å². The normalized spacial score (nSPS) is 19.2. The zero-order valence-electron chi connectivity index (χ0n) is 19.8. The lowest BCUT2D eigenvalue weighted by atomic mass is 9.72. The topological polar surface area (TPSA) is 132 Å². The molecule has 5 N–H and O–H groups in total. The summed E-state index contributed by atoms with van der Waals surface area (Å²) < 4.78 is 26.3. The largest absolute Gasteiger partial charge is 0.474 e. The highest BCUT2D eigenvalue weighted by molar-refractivity contribution is 5.99. The summed E-state index contributed by atoms with van der Waals surface area (Å²) in [6, 6.07) is 3.29. The fourth-order valence-corrected chi connectivity index (χ4v) is 4.58. The Labute approximate surface area is 201 Å². The van der Waals surface area contributed by atoms with Crippen LogP contribution in [0.25, 0.3) is 21.9 Å². The van der Waals surface area contributed by atoms with Crippen LogP contribution in [-0.4, -0.2) is 46.0 Å². The van der Waals surface area contributed by atoms with Crippen LogP contribution in [0.2, 0.25) is 0 Å². The molecule has 3 heterocycles. The molecule has 0 radical (unpaired) electrons. The van der Waals surface area contributed by atoms with Crippen molar-refractivity contribution in [1.82, 2.24) is 9.97 Å². The molecule has 0 bridgehead atoms. The second-order valence-electron chi connectivity index (χ2n) is 9.67. The molecule has 9 nitrogen and oxygen atoms in total. The Hall–Kier alpha value is -3.66. The minimum atomic E-state index is -0.793. The molecular weight excluding hydrogens is 453 g/mol. The number of nitrogens with one attached hydrogen (secondary N) is 2. The molecule has 1 aliphatic heterocycles. The Morgan fingerprint density at radius 3 is 2.80 bits per heavy atom. The van der Waals surface area contributed by atoms with Crippen molar-refractivity contribution >= 4 is 34.1 Å². The van der Waals surface area contributed by atoms with Gasteiger partial charge in [0.25, 0.3) is 0 Å². The summed E-state index contributed by atoms with van der Waals surface area (Å²) in [5.41, 5.74) is 7.71. The number of hydrogen-bond acceptors (Lipinski definition) is 8. The lowest BCUT2D eigenvalue weighted by Crippen LogP contribution is -2.45. The maximum atomic E-state index is 15.3. The number of hydrogen-bond donors (Lipinski definition) is 4. The number of pyridine rings is 2. The van der Waals surface area contributed by atoms with Crippen LogP contribution in [0.4, 0.5) is 26.4 Å². The van der Waals surface area contributed by atoms with Crippen molar-refractivity contribution in [2.24, 2.45) is 5.92 Å². The number of carbonyl (C=O) groups excluding carboxylic acids is 1. The van der Waals surface area contributed by atoms with Crippen molar-refractivity contribution in [1.29, 1.82) is 0 Å². The lowest BCUT2D eigenvalue weighted by Gasteiger charge is -2.41. The van der Waals surface area contributed by atoms with Gasteiger partial charge in [0.15, 0.2) is 5.82 Å². The molecule has 184 valence electrons. The Morgan fingerprint density at radius 1 is 1.29 bits per heavy atom. The minimum Gasteiger partial charge on any atom is -0.474 e. The van der Waals surface area contributed by atoms with Gasteiger partial charge in [0.05, 0.1) is 11.3 Å². The molecule has 0 unspecified atom stereocenters. The molecule has 5 rings (SSSR count). The van der Waals surface area contributed by atoms with Gasteiger partial charge in [-0.05, 0) is 62.6 Å². The number of anilines is 3. The van der Waals surface area contributed by atoms with E-state index in [1.54, 1.807) is 32.2 Å². The predicted octanol–water partition coefficient (Wildman–Crippen LogP) is 4.23. The first-order chi connectivity index (χ1) is 16.6. The second kappa shape index (κ2) is 8.53. The van der Waals surface area contributed by atoms with Crippen LogP contribution < -0.4 is 21.1 Å². The summed E-state index contributed by atoms with van der Waals surface area (Å²) >= 11 is 0. The number of nitrogen functional groups attached to an aromatic ring is 1. The third-order valence-corrected chi connectivity index (χ3v) is 6.83. The smallest absolute Gasteiger partial charge is 0.413 e. The summed E-state index contributed by atoms with van der Waals surface area (Å²) in [7, 11) is 0. The molecule has 1 aromatic carbocycles. The van der Waals surface area contributed by atoms with Crippen LogP contribution in [0.15, 0.2) is 24.5 Å². The van der Waals surface area contributed by atoms with Gasteiger partial charge in [0.2, 0.25) is 5.88 Å². The van der Waals surface area contributed by atoms with E-state index in [9.17, 15) is 9.90 Å². The van der Waals surface area contributed by atoms with Gasteiger partial charge in [0.1, 0.15) is 24.2 Å². The summed E-state index contributed by atoms with van der Waals surface area (Å²) in [6.45, 7) is 6.53. The number of aliphatic hydroxyl groups is 1. The molecule has 10 heteroatoms. The Balaban J connectivity index is 1.40. The average molecular weight is 482 g/mol. The molecule has 35 heavy (non-hydrogen) atoms. The summed E-state index contributed by atoms with van der Waals surface area (Å²) in [5, 5.41) is 16.9. The van der Waals surface area contributed by atoms with E-state index < -0.39 is 17.5 Å². The standard InChI is InChI=1S/C25H28FN5O4/c1-12-17(10-30-23-22(12)28-4-5-34-23)16-6-13-7-19(29-11-18(13)21(27)20(16)26)31-24(32)35-15-8-14(9-15)25(2,3)33/h6-7,10-11,14-15,28,33H,4-5,8-9,27H2,1-3H3,(H,29,31,32). The van der Waals surface area contributed by atoms with Gasteiger partial charge >= 0.3 is 6.09 Å². The maximum Gasteiger partial charge on any atom is 0.413 e. The van der Waals surface area contributed by atoms with Crippen molar-refractivity contribution in [3.8, 4) is 17.0 Å². The van der Waals surface area contributed by atoms with E-state index in [2.05, 4.69) is 20.6 Å². The molecule has 0 atom stereocenters. The Morgan fingerprint density at radius 2 is 2.06 bits per heavy atom. The number of nitrogens with two attached hydrogens (primary N) is 1. The Kier molecular flexibility index (Phi) is 5.63. The van der Waals surface area contributed by atoms with Crippen LogP contribution >= 0.6 is 0 Å². The number of fused-ring (bicyclic) bond motifs is 2. The first kappa shape index (κ1) is 23.1. The van der Waals surface area contributed by atoms with E-state index >= 15 is 4.39 Å². The van der Waals surface area contributed by atoms with Crippen LogP contribution in [-0.2, 0) is 4.74 Å². The van der Waals surface area contributed by atoms with Crippen LogP contribution in [0.5, 0.6) is 5.88 Å². The second-order valence-corrected chi connectivity index (χ2v) is 9.67. The number of ether oxygens (including phenoxy) is 2. The van der Waals surface area contributed by atoms with Crippen molar-refractivity contribution in [3.63, 3.8) is 0 Å². The fourth-order valence-electron chi connectivity index (χ4n) is 4.58. The van der Waals surface area contributed by atoms with E-state index in [1.165, 1.54) is 6.20 Å². The number of halogens is 1. The molecule has 3 aromatic rings. The van der Waals surface area contributed by atoms with Gasteiger partial charge in [-0.1, -0.05) is 0 Å². The highest BCUT2D eigenvalue weighted by Crippen LogP contribution is 2.40. The van der Waals surface area contributed by atoms with Gasteiger partial charge in [-0.3, -0.25) is 5.32 Å². The zero-order valence-corrected chi connectivity index (χ0v) is 19.8. The highest BCUT2D eigenvalue weighted by atomic mass is 19.1. The maximum absolute atomic E-state index is 15.3. The van der Waals surface area contributed by atoms with Crippen molar-refractivity contribution in [2.45, 2.75) is 45.3 Å². The van der Waals surface area contributed by atoms with Crippen molar-refractivity contribution in [2.75, 3.05) is 29.5 Å². The Bertz CT molecular complexity index is 1320. The molecule has 1 fully saturated rings. The average Bonchev–Trinajstić information content (AvgIpc) is 2.78. The van der Waals surface area contributed by atoms with Crippen molar-refractivity contribution < 1.29 is 23.8 Å². The molecule has 2 aromatic heterocycles. The SMILES string of the molecule is Cc1c(-c2cc3cc(NC(=O)OC4CC(C(C)(C)O)C4)ncc3c(N)c2F)cnc2c1NCCO2.